The Hall–Kier alpha value is -0.220. The monoisotopic (exact) mass is 291 g/mol. The number of ether oxygens (including phenoxy) is 1. The van der Waals surface area contributed by atoms with Gasteiger partial charge in [-0.15, -0.1) is 0 Å². The molecule has 0 aliphatic heterocycles. The Bertz CT molecular complexity index is 321. The van der Waals surface area contributed by atoms with Gasteiger partial charge in [0.1, 0.15) is 11.5 Å². The fraction of sp³-hybridized carbons (Fsp3) is 0.933. The molecular formula is C15H33NO2S. The summed E-state index contributed by atoms with van der Waals surface area (Å²) in [7, 11) is -0.867. The van der Waals surface area contributed by atoms with E-state index in [2.05, 4.69) is 39.5 Å². The second kappa shape index (κ2) is 5.65. The van der Waals surface area contributed by atoms with Crippen LogP contribution in [0.25, 0.3) is 0 Å². The van der Waals surface area contributed by atoms with Crippen LogP contribution in [0.15, 0.2) is 0 Å². The van der Waals surface area contributed by atoms with Crippen molar-refractivity contribution < 1.29 is 9.53 Å². The van der Waals surface area contributed by atoms with Gasteiger partial charge in [-0.2, -0.15) is 0 Å². The van der Waals surface area contributed by atoms with Gasteiger partial charge < -0.3 is 10.5 Å². The van der Waals surface area contributed by atoms with Gasteiger partial charge in [-0.3, -0.25) is 4.79 Å². The third-order valence-corrected chi connectivity index (χ3v) is 3.88. The Morgan fingerprint density at radius 2 is 1.47 bits per heavy atom. The zero-order chi connectivity index (χ0) is 15.7. The molecule has 0 bridgehead atoms. The summed E-state index contributed by atoms with van der Waals surface area (Å²) >= 11 is 0. The summed E-state index contributed by atoms with van der Waals surface area (Å²) in [5.41, 5.74) is 5.17. The Kier molecular flexibility index (Phi) is 5.58. The molecule has 0 aliphatic rings. The maximum absolute atomic E-state index is 12.5. The lowest BCUT2D eigenvalue weighted by atomic mass is 9.66. The normalized spacial score (nSPS) is 17.8. The predicted molar refractivity (Wildman–Crippen MR) is 86.8 cm³/mol. The van der Waals surface area contributed by atoms with Crippen LogP contribution in [0.2, 0.25) is 0 Å². The highest BCUT2D eigenvalue weighted by atomic mass is 32.3. The molecule has 0 saturated heterocycles. The molecule has 1 unspecified atom stereocenters. The number of esters is 1. The fourth-order valence-electron chi connectivity index (χ4n) is 1.84. The zero-order valence-corrected chi connectivity index (χ0v) is 15.0. The maximum atomic E-state index is 12.5. The van der Waals surface area contributed by atoms with Crippen molar-refractivity contribution in [3.05, 3.63) is 0 Å². The number of hydrogen-bond donors (Lipinski definition) is 1. The van der Waals surface area contributed by atoms with E-state index in [-0.39, 0.29) is 16.8 Å². The first-order valence-corrected chi connectivity index (χ1v) is 9.73. The SMILES string of the molecule is CC(C)(C)CC(N)(C(=O)OCS(C)(C)C)C(C)(C)C. The van der Waals surface area contributed by atoms with Crippen LogP contribution < -0.4 is 5.73 Å². The van der Waals surface area contributed by atoms with Crippen LogP contribution in [-0.2, 0) is 9.53 Å². The fourth-order valence-corrected chi connectivity index (χ4v) is 2.30. The van der Waals surface area contributed by atoms with E-state index in [1.165, 1.54) is 0 Å². The van der Waals surface area contributed by atoms with E-state index in [0.29, 0.717) is 12.4 Å². The van der Waals surface area contributed by atoms with Crippen LogP contribution in [0.1, 0.15) is 48.0 Å². The van der Waals surface area contributed by atoms with Crippen molar-refractivity contribution in [2.45, 2.75) is 53.5 Å². The van der Waals surface area contributed by atoms with Gasteiger partial charge in [0.2, 0.25) is 0 Å². The number of nitrogens with two attached hydrogens (primary N) is 1. The van der Waals surface area contributed by atoms with Crippen LogP contribution in [-0.4, -0.2) is 36.2 Å². The number of carbonyl (C=O) groups is 1. The molecule has 0 aliphatic carbocycles. The molecule has 19 heavy (non-hydrogen) atoms. The van der Waals surface area contributed by atoms with Gasteiger partial charge in [-0.25, -0.2) is 10.0 Å². The van der Waals surface area contributed by atoms with Crippen molar-refractivity contribution in [1.82, 2.24) is 0 Å². The number of rotatable bonds is 4. The maximum Gasteiger partial charge on any atom is 0.327 e. The molecule has 0 aromatic heterocycles. The summed E-state index contributed by atoms with van der Waals surface area (Å²) in [6.07, 6.45) is 6.99. The lowest BCUT2D eigenvalue weighted by molar-refractivity contribution is -0.154. The first kappa shape index (κ1) is 18.8. The first-order chi connectivity index (χ1) is 8.08. The minimum atomic E-state index is -0.948. The molecule has 0 fully saturated rings. The molecule has 1 atom stereocenters. The van der Waals surface area contributed by atoms with Crippen LogP contribution >= 0.6 is 10.0 Å². The van der Waals surface area contributed by atoms with Crippen molar-refractivity contribution >= 4 is 16.0 Å². The summed E-state index contributed by atoms with van der Waals surface area (Å²) in [6, 6.07) is 0. The average Bonchev–Trinajstić information content (AvgIpc) is 2.07. The molecule has 2 N–H and O–H groups in total. The van der Waals surface area contributed by atoms with Gasteiger partial charge in [0, 0.05) is 0 Å². The van der Waals surface area contributed by atoms with Gasteiger partial charge in [-0.1, -0.05) is 41.5 Å². The van der Waals surface area contributed by atoms with Crippen LogP contribution in [0.5, 0.6) is 0 Å². The van der Waals surface area contributed by atoms with Gasteiger partial charge >= 0.3 is 5.97 Å². The molecule has 0 rings (SSSR count). The molecule has 4 heteroatoms. The minimum absolute atomic E-state index is 0.0182. The predicted octanol–water partition coefficient (Wildman–Crippen LogP) is 3.36. The smallest absolute Gasteiger partial charge is 0.327 e. The van der Waals surface area contributed by atoms with Gasteiger partial charge in [0.25, 0.3) is 0 Å². The number of carbonyl (C=O) groups excluding carboxylic acids is 1. The van der Waals surface area contributed by atoms with Crippen LogP contribution in [0.4, 0.5) is 0 Å². The number of hydrogen-bond acceptors (Lipinski definition) is 3. The van der Waals surface area contributed by atoms with E-state index >= 15 is 0 Å². The largest absolute Gasteiger partial charge is 0.455 e. The summed E-state index contributed by atoms with van der Waals surface area (Å²) in [5.74, 6) is 0.211. The van der Waals surface area contributed by atoms with Gasteiger partial charge in [-0.05, 0) is 36.0 Å². The summed E-state index contributed by atoms with van der Waals surface area (Å²) in [5, 5.41) is 0. The van der Waals surface area contributed by atoms with Crippen molar-refractivity contribution in [2.24, 2.45) is 16.6 Å². The summed E-state index contributed by atoms with van der Waals surface area (Å²) in [4.78, 5) is 12.5. The van der Waals surface area contributed by atoms with E-state index in [0.717, 1.165) is 0 Å². The lowest BCUT2D eigenvalue weighted by Gasteiger charge is -2.43. The zero-order valence-electron chi connectivity index (χ0n) is 14.2. The van der Waals surface area contributed by atoms with Gasteiger partial charge in [0.05, 0.1) is 0 Å². The molecule has 0 saturated carbocycles. The molecule has 0 radical (unpaired) electrons. The van der Waals surface area contributed by atoms with E-state index < -0.39 is 15.6 Å². The molecule has 0 amide bonds. The summed E-state index contributed by atoms with van der Waals surface area (Å²) < 4.78 is 5.52. The molecule has 0 heterocycles. The summed E-state index contributed by atoms with van der Waals surface area (Å²) in [6.45, 7) is 12.3. The molecule has 0 aromatic carbocycles. The van der Waals surface area contributed by atoms with Crippen LogP contribution in [0, 0.1) is 10.8 Å². The highest BCUT2D eigenvalue weighted by Gasteiger charge is 2.48. The standard InChI is InChI=1S/C15H33NO2S/c1-13(2,3)10-15(16,14(4,5)6)12(17)18-11-19(7,8)9/h10-11,16H2,1-9H3. The average molecular weight is 292 g/mol. The van der Waals surface area contributed by atoms with E-state index in [1.807, 2.05) is 20.8 Å². The van der Waals surface area contributed by atoms with Crippen LogP contribution in [0.3, 0.4) is 0 Å². The van der Waals surface area contributed by atoms with Crippen molar-refractivity contribution in [3.8, 4) is 0 Å². The third kappa shape index (κ3) is 6.17. The quantitative estimate of drug-likeness (QED) is 0.808. The highest BCUT2D eigenvalue weighted by Crippen LogP contribution is 2.40. The molecule has 3 nitrogen and oxygen atoms in total. The van der Waals surface area contributed by atoms with E-state index in [1.54, 1.807) is 0 Å². The van der Waals surface area contributed by atoms with E-state index in [9.17, 15) is 4.79 Å². The Labute approximate surface area is 121 Å². The Balaban J connectivity index is 5.12. The second-order valence-corrected chi connectivity index (χ2v) is 13.0. The molecular weight excluding hydrogens is 258 g/mol. The highest BCUT2D eigenvalue weighted by molar-refractivity contribution is 8.32. The second-order valence-electron chi connectivity index (χ2n) is 8.60. The van der Waals surface area contributed by atoms with Crippen molar-refractivity contribution in [3.63, 3.8) is 0 Å². The molecule has 0 aromatic rings. The minimum Gasteiger partial charge on any atom is -0.455 e. The van der Waals surface area contributed by atoms with Crippen molar-refractivity contribution in [2.75, 3.05) is 24.7 Å². The van der Waals surface area contributed by atoms with Gasteiger partial charge in [0.15, 0.2) is 0 Å². The first-order valence-electron chi connectivity index (χ1n) is 6.71. The Morgan fingerprint density at radius 1 is 1.05 bits per heavy atom. The lowest BCUT2D eigenvalue weighted by Crippen LogP contribution is -2.60. The third-order valence-electron chi connectivity index (χ3n) is 3.06. The van der Waals surface area contributed by atoms with Crippen molar-refractivity contribution in [1.29, 1.82) is 0 Å². The topological polar surface area (TPSA) is 52.3 Å². The molecule has 116 valence electrons. The molecule has 0 spiro atoms. The Morgan fingerprint density at radius 3 is 1.74 bits per heavy atom. The van der Waals surface area contributed by atoms with E-state index in [4.69, 9.17) is 10.5 Å².